The molecule has 35 heavy (non-hydrogen) atoms. The van der Waals surface area contributed by atoms with Crippen LogP contribution in [-0.2, 0) is 16.6 Å². The first-order valence-corrected chi connectivity index (χ1v) is 13.0. The molecule has 4 aromatic rings. The molecule has 182 valence electrons. The molecule has 0 fully saturated rings. The van der Waals surface area contributed by atoms with Gasteiger partial charge in [0.15, 0.2) is 0 Å². The highest BCUT2D eigenvalue weighted by molar-refractivity contribution is 7.92. The zero-order chi connectivity index (χ0) is 25.2. The highest BCUT2D eigenvalue weighted by Gasteiger charge is 2.18. The third kappa shape index (κ3) is 5.31. The van der Waals surface area contributed by atoms with Crippen LogP contribution in [0.3, 0.4) is 0 Å². The Kier molecular flexibility index (Phi) is 7.09. The van der Waals surface area contributed by atoms with Crippen molar-refractivity contribution in [3.05, 3.63) is 93.2 Å². The molecule has 4 rings (SSSR count). The summed E-state index contributed by atoms with van der Waals surface area (Å²) in [5.74, 6) is -0.754. The molecule has 0 atom stereocenters. The number of nitrogens with zero attached hydrogens (tertiary/aromatic N) is 2. The molecule has 1 heterocycles. The highest BCUT2D eigenvalue weighted by Crippen LogP contribution is 2.36. The van der Waals surface area contributed by atoms with Gasteiger partial charge in [-0.05, 0) is 48.7 Å². The number of fused-ring (bicyclic) bond motifs is 1. The Bertz CT molecular complexity index is 1560. The van der Waals surface area contributed by atoms with Crippen LogP contribution < -0.4 is 15.6 Å². The molecule has 0 aliphatic rings. The average molecular weight is 515 g/mol. The Hall–Kier alpha value is -3.43. The van der Waals surface area contributed by atoms with E-state index in [0.29, 0.717) is 35.1 Å². The van der Waals surface area contributed by atoms with Crippen molar-refractivity contribution in [3.8, 4) is 0 Å². The molecule has 0 bridgehead atoms. The van der Waals surface area contributed by atoms with Gasteiger partial charge in [0.25, 0.3) is 5.56 Å². The fourth-order valence-corrected chi connectivity index (χ4v) is 5.25. The van der Waals surface area contributed by atoms with Gasteiger partial charge in [-0.25, -0.2) is 17.8 Å². The van der Waals surface area contributed by atoms with E-state index < -0.39 is 15.8 Å². The standard InChI is InChI=1S/C25H24ClFN4O3S/c1-3-13-35(33,34)30-21-10-9-18(27)24(23(21)26)29-19-11-12-20-22(16(19)2)25(32)31(15-28-20)14-17-7-5-4-6-8-17/h4-12,15,29-30H,3,13-14H2,1-2H3. The molecule has 0 aliphatic carbocycles. The zero-order valence-electron chi connectivity index (χ0n) is 19.2. The van der Waals surface area contributed by atoms with Crippen molar-refractivity contribution in [2.45, 2.75) is 26.8 Å². The molecule has 0 radical (unpaired) electrons. The van der Waals surface area contributed by atoms with E-state index in [9.17, 15) is 17.6 Å². The fourth-order valence-electron chi connectivity index (χ4n) is 3.80. The van der Waals surface area contributed by atoms with Crippen molar-refractivity contribution in [1.29, 1.82) is 0 Å². The lowest BCUT2D eigenvalue weighted by Crippen LogP contribution is -2.22. The van der Waals surface area contributed by atoms with E-state index in [4.69, 9.17) is 11.6 Å². The number of aromatic nitrogens is 2. The number of hydrogen-bond acceptors (Lipinski definition) is 5. The number of sulfonamides is 1. The molecular formula is C25H24ClFN4O3S. The van der Waals surface area contributed by atoms with Crippen LogP contribution in [0.15, 0.2) is 65.7 Å². The second kappa shape index (κ2) is 10.1. The van der Waals surface area contributed by atoms with Gasteiger partial charge in [-0.1, -0.05) is 48.9 Å². The second-order valence-electron chi connectivity index (χ2n) is 8.13. The smallest absolute Gasteiger partial charge is 0.261 e. The lowest BCUT2D eigenvalue weighted by Gasteiger charge is -2.17. The number of aryl methyl sites for hydroxylation is 1. The average Bonchev–Trinajstić information content (AvgIpc) is 2.82. The van der Waals surface area contributed by atoms with Crippen LogP contribution in [0.25, 0.3) is 10.9 Å². The molecular weight excluding hydrogens is 491 g/mol. The van der Waals surface area contributed by atoms with E-state index >= 15 is 0 Å². The summed E-state index contributed by atoms with van der Waals surface area (Å²) in [5, 5.41) is 3.22. The van der Waals surface area contributed by atoms with E-state index in [-0.39, 0.29) is 27.7 Å². The number of halogens is 2. The number of hydrogen-bond donors (Lipinski definition) is 2. The molecule has 7 nitrogen and oxygen atoms in total. The third-order valence-electron chi connectivity index (χ3n) is 5.54. The monoisotopic (exact) mass is 514 g/mol. The fraction of sp³-hybridized carbons (Fsp3) is 0.200. The lowest BCUT2D eigenvalue weighted by atomic mass is 10.1. The molecule has 3 aromatic carbocycles. The summed E-state index contributed by atoms with van der Waals surface area (Å²) in [6, 6.07) is 15.3. The van der Waals surface area contributed by atoms with Gasteiger partial charge in [-0.2, -0.15) is 0 Å². The van der Waals surface area contributed by atoms with Gasteiger partial charge in [0.2, 0.25) is 10.0 Å². The summed E-state index contributed by atoms with van der Waals surface area (Å²) in [5.41, 5.74) is 2.22. The predicted octanol–water partition coefficient (Wildman–Crippen LogP) is 5.44. The topological polar surface area (TPSA) is 93.1 Å². The van der Waals surface area contributed by atoms with Crippen LogP contribution in [-0.4, -0.2) is 23.7 Å². The number of benzene rings is 3. The van der Waals surface area contributed by atoms with Crippen LogP contribution in [0.2, 0.25) is 5.02 Å². The Morgan fingerprint density at radius 3 is 2.49 bits per heavy atom. The van der Waals surface area contributed by atoms with Gasteiger partial charge in [0.05, 0.1) is 45.9 Å². The molecule has 0 spiro atoms. The van der Waals surface area contributed by atoms with Gasteiger partial charge in [-0.15, -0.1) is 0 Å². The molecule has 0 aliphatic heterocycles. The first-order valence-electron chi connectivity index (χ1n) is 11.0. The lowest BCUT2D eigenvalue weighted by molar-refractivity contribution is 0.599. The molecule has 1 aromatic heterocycles. The van der Waals surface area contributed by atoms with Crippen LogP contribution >= 0.6 is 11.6 Å². The van der Waals surface area contributed by atoms with E-state index in [1.807, 2.05) is 30.3 Å². The Morgan fingerprint density at radius 1 is 1.06 bits per heavy atom. The molecule has 10 heteroatoms. The molecule has 0 amide bonds. The SMILES string of the molecule is CCCS(=O)(=O)Nc1ccc(F)c(Nc2ccc3ncn(Cc4ccccc4)c(=O)c3c2C)c1Cl. The Labute approximate surface area is 207 Å². The van der Waals surface area contributed by atoms with E-state index in [2.05, 4.69) is 15.0 Å². The summed E-state index contributed by atoms with van der Waals surface area (Å²) < 4.78 is 43.0. The van der Waals surface area contributed by atoms with Crippen LogP contribution in [0.5, 0.6) is 0 Å². The largest absolute Gasteiger partial charge is 0.352 e. The summed E-state index contributed by atoms with van der Waals surface area (Å²) in [4.78, 5) is 17.7. The first kappa shape index (κ1) is 24.7. The Morgan fingerprint density at radius 2 is 1.77 bits per heavy atom. The van der Waals surface area contributed by atoms with Gasteiger partial charge < -0.3 is 5.32 Å². The molecule has 2 N–H and O–H groups in total. The van der Waals surface area contributed by atoms with Gasteiger partial charge >= 0.3 is 0 Å². The third-order valence-corrected chi connectivity index (χ3v) is 7.41. The highest BCUT2D eigenvalue weighted by atomic mass is 35.5. The van der Waals surface area contributed by atoms with Gasteiger partial charge in [0.1, 0.15) is 5.82 Å². The van der Waals surface area contributed by atoms with Gasteiger partial charge in [-0.3, -0.25) is 14.1 Å². The van der Waals surface area contributed by atoms with Crippen molar-refractivity contribution < 1.29 is 12.8 Å². The maximum absolute atomic E-state index is 14.7. The minimum Gasteiger partial charge on any atom is -0.352 e. The summed E-state index contributed by atoms with van der Waals surface area (Å²) in [7, 11) is -3.62. The first-order chi connectivity index (χ1) is 16.7. The summed E-state index contributed by atoms with van der Waals surface area (Å²) in [6.07, 6.45) is 1.93. The molecule has 0 unspecified atom stereocenters. The Balaban J connectivity index is 1.73. The maximum atomic E-state index is 14.7. The van der Waals surface area contributed by atoms with E-state index in [1.54, 1.807) is 26.0 Å². The van der Waals surface area contributed by atoms with E-state index in [1.165, 1.54) is 17.0 Å². The zero-order valence-corrected chi connectivity index (χ0v) is 20.8. The van der Waals surface area contributed by atoms with Crippen molar-refractivity contribution in [2.75, 3.05) is 15.8 Å². The van der Waals surface area contributed by atoms with Crippen molar-refractivity contribution in [1.82, 2.24) is 9.55 Å². The second-order valence-corrected chi connectivity index (χ2v) is 10.3. The van der Waals surface area contributed by atoms with Crippen LogP contribution in [0, 0.1) is 12.7 Å². The van der Waals surface area contributed by atoms with Crippen molar-refractivity contribution >= 4 is 49.6 Å². The predicted molar refractivity (Wildman–Crippen MR) is 139 cm³/mol. The number of anilines is 3. The minimum absolute atomic E-state index is 0.0642. The summed E-state index contributed by atoms with van der Waals surface area (Å²) in [6.45, 7) is 3.84. The maximum Gasteiger partial charge on any atom is 0.261 e. The van der Waals surface area contributed by atoms with Gasteiger partial charge in [0, 0.05) is 5.69 Å². The van der Waals surface area contributed by atoms with Crippen LogP contribution in [0.4, 0.5) is 21.5 Å². The van der Waals surface area contributed by atoms with Crippen LogP contribution in [0.1, 0.15) is 24.5 Å². The van der Waals surface area contributed by atoms with Crippen molar-refractivity contribution in [3.63, 3.8) is 0 Å². The van der Waals surface area contributed by atoms with E-state index in [0.717, 1.165) is 11.6 Å². The normalized spacial score (nSPS) is 11.5. The molecule has 0 saturated carbocycles. The molecule has 0 saturated heterocycles. The minimum atomic E-state index is -3.62. The summed E-state index contributed by atoms with van der Waals surface area (Å²) >= 11 is 6.38. The van der Waals surface area contributed by atoms with Crippen molar-refractivity contribution in [2.24, 2.45) is 0 Å². The quantitative estimate of drug-likeness (QED) is 0.326. The number of rotatable bonds is 8. The number of nitrogens with one attached hydrogen (secondary N) is 2.